The summed E-state index contributed by atoms with van der Waals surface area (Å²) < 4.78 is 5.81. The van der Waals surface area contributed by atoms with Crippen LogP contribution in [0.25, 0.3) is 0 Å². The van der Waals surface area contributed by atoms with E-state index in [2.05, 4.69) is 18.7 Å². The Morgan fingerprint density at radius 1 is 1.00 bits per heavy atom. The maximum absolute atomic E-state index is 5.81. The highest BCUT2D eigenvalue weighted by atomic mass is 16.5. The Morgan fingerprint density at radius 3 is 2.27 bits per heavy atom. The molecular weight excluding hydrogens is 186 g/mol. The zero-order valence-corrected chi connectivity index (χ0v) is 9.98. The van der Waals surface area contributed by atoms with Gasteiger partial charge in [-0.15, -0.1) is 0 Å². The van der Waals surface area contributed by atoms with Crippen LogP contribution in [0.4, 0.5) is 0 Å². The fraction of sp³-hybridized carbons (Fsp3) is 1.00. The van der Waals surface area contributed by atoms with Gasteiger partial charge >= 0.3 is 0 Å². The highest BCUT2D eigenvalue weighted by Gasteiger charge is 2.43. The number of hydrogen-bond acceptors (Lipinski definition) is 2. The molecule has 3 fully saturated rings. The molecule has 1 heterocycles. The molecule has 5 atom stereocenters. The number of fused-ring (bicyclic) bond motifs is 2. The lowest BCUT2D eigenvalue weighted by molar-refractivity contribution is -0.0862. The van der Waals surface area contributed by atoms with Crippen molar-refractivity contribution in [3.05, 3.63) is 0 Å². The summed E-state index contributed by atoms with van der Waals surface area (Å²) in [5, 5.41) is 0. The summed E-state index contributed by atoms with van der Waals surface area (Å²) in [4.78, 5) is 2.72. The van der Waals surface area contributed by atoms with Gasteiger partial charge in [-0.05, 0) is 44.9 Å². The van der Waals surface area contributed by atoms with Crippen molar-refractivity contribution in [2.24, 2.45) is 11.8 Å². The van der Waals surface area contributed by atoms with Crippen LogP contribution in [0.3, 0.4) is 0 Å². The zero-order valence-electron chi connectivity index (χ0n) is 9.98. The summed E-state index contributed by atoms with van der Waals surface area (Å²) in [6.07, 6.45) is 6.88. The van der Waals surface area contributed by atoms with Gasteiger partial charge < -0.3 is 4.74 Å². The van der Waals surface area contributed by atoms with Crippen molar-refractivity contribution in [1.82, 2.24) is 4.90 Å². The van der Waals surface area contributed by atoms with Gasteiger partial charge in [0.05, 0.1) is 12.2 Å². The van der Waals surface area contributed by atoms with Gasteiger partial charge in [-0.2, -0.15) is 0 Å². The Bertz CT molecular complexity index is 233. The normalized spacial score (nSPS) is 51.2. The molecule has 2 heteroatoms. The average molecular weight is 209 g/mol. The van der Waals surface area contributed by atoms with Crippen LogP contribution in [0, 0.1) is 11.8 Å². The molecule has 0 aromatic rings. The van der Waals surface area contributed by atoms with E-state index < -0.39 is 0 Å². The fourth-order valence-corrected chi connectivity index (χ4v) is 4.15. The van der Waals surface area contributed by atoms with E-state index in [1.165, 1.54) is 25.7 Å². The summed E-state index contributed by atoms with van der Waals surface area (Å²) in [5.74, 6) is 2.08. The van der Waals surface area contributed by atoms with Gasteiger partial charge in [-0.1, -0.05) is 6.42 Å². The van der Waals surface area contributed by atoms with Crippen LogP contribution in [0.15, 0.2) is 0 Å². The minimum Gasteiger partial charge on any atom is -0.373 e. The Hall–Kier alpha value is -0.0800. The molecule has 3 aliphatic rings. The summed E-state index contributed by atoms with van der Waals surface area (Å²) in [7, 11) is 0. The number of rotatable bonds is 1. The molecule has 1 aliphatic heterocycles. The predicted molar refractivity (Wildman–Crippen MR) is 60.8 cm³/mol. The van der Waals surface area contributed by atoms with Crippen LogP contribution in [-0.4, -0.2) is 36.2 Å². The first-order chi connectivity index (χ1) is 7.22. The van der Waals surface area contributed by atoms with Crippen LogP contribution >= 0.6 is 0 Å². The zero-order chi connectivity index (χ0) is 10.4. The van der Waals surface area contributed by atoms with Gasteiger partial charge in [0.1, 0.15) is 0 Å². The maximum Gasteiger partial charge on any atom is 0.0678 e. The number of nitrogens with zero attached hydrogens (tertiary/aromatic N) is 1. The first kappa shape index (κ1) is 10.1. The van der Waals surface area contributed by atoms with Crippen molar-refractivity contribution in [1.29, 1.82) is 0 Å². The Labute approximate surface area is 93.0 Å². The molecule has 1 saturated heterocycles. The molecule has 0 aromatic heterocycles. The SMILES string of the molecule is C[C@@H]1CN([C@H]2C[C@@H]3CC[C@H]2C3)C[C@H](C)O1. The third-order valence-corrected chi connectivity index (χ3v) is 4.62. The molecule has 0 radical (unpaired) electrons. The van der Waals surface area contributed by atoms with E-state index >= 15 is 0 Å². The van der Waals surface area contributed by atoms with Crippen LogP contribution < -0.4 is 0 Å². The molecule has 0 aromatic carbocycles. The van der Waals surface area contributed by atoms with Gasteiger partial charge in [-0.3, -0.25) is 4.90 Å². The Balaban J connectivity index is 1.66. The van der Waals surface area contributed by atoms with Crippen LogP contribution in [0.1, 0.15) is 39.5 Å². The molecule has 0 amide bonds. The van der Waals surface area contributed by atoms with Gasteiger partial charge in [0.2, 0.25) is 0 Å². The molecule has 0 N–H and O–H groups in total. The number of hydrogen-bond donors (Lipinski definition) is 0. The minimum absolute atomic E-state index is 0.438. The summed E-state index contributed by atoms with van der Waals surface area (Å²) >= 11 is 0. The second kappa shape index (κ2) is 3.74. The monoisotopic (exact) mass is 209 g/mol. The lowest BCUT2D eigenvalue weighted by Gasteiger charge is -2.41. The second-order valence-electron chi connectivity index (χ2n) is 5.95. The quantitative estimate of drug-likeness (QED) is 0.657. The van der Waals surface area contributed by atoms with Crippen molar-refractivity contribution < 1.29 is 4.74 Å². The minimum atomic E-state index is 0.438. The van der Waals surface area contributed by atoms with E-state index in [1.54, 1.807) is 0 Å². The van der Waals surface area contributed by atoms with Crippen LogP contribution in [0.2, 0.25) is 0 Å². The van der Waals surface area contributed by atoms with Crippen molar-refractivity contribution >= 4 is 0 Å². The smallest absolute Gasteiger partial charge is 0.0678 e. The van der Waals surface area contributed by atoms with Crippen molar-refractivity contribution in [3.63, 3.8) is 0 Å². The maximum atomic E-state index is 5.81. The molecule has 2 saturated carbocycles. The highest BCUT2D eigenvalue weighted by Crippen LogP contribution is 2.47. The van der Waals surface area contributed by atoms with Crippen LogP contribution in [0.5, 0.6) is 0 Å². The van der Waals surface area contributed by atoms with Gasteiger partial charge in [0, 0.05) is 19.1 Å². The van der Waals surface area contributed by atoms with Crippen molar-refractivity contribution in [3.8, 4) is 0 Å². The molecule has 2 bridgehead atoms. The van der Waals surface area contributed by atoms with Crippen LogP contribution in [-0.2, 0) is 4.74 Å². The number of ether oxygens (including phenoxy) is 1. The van der Waals surface area contributed by atoms with Gasteiger partial charge in [0.25, 0.3) is 0 Å². The largest absolute Gasteiger partial charge is 0.373 e. The molecule has 0 spiro atoms. The molecular formula is C13H23NO. The summed E-state index contributed by atoms with van der Waals surface area (Å²) in [6.45, 7) is 6.77. The molecule has 0 unspecified atom stereocenters. The van der Waals surface area contributed by atoms with Gasteiger partial charge in [-0.25, -0.2) is 0 Å². The first-order valence-corrected chi connectivity index (χ1v) is 6.62. The molecule has 86 valence electrons. The van der Waals surface area contributed by atoms with E-state index in [-0.39, 0.29) is 0 Å². The molecule has 3 rings (SSSR count). The third-order valence-electron chi connectivity index (χ3n) is 4.62. The topological polar surface area (TPSA) is 12.5 Å². The fourth-order valence-electron chi connectivity index (χ4n) is 4.15. The summed E-state index contributed by atoms with van der Waals surface area (Å²) in [6, 6.07) is 0.901. The van der Waals surface area contributed by atoms with E-state index in [1.807, 2.05) is 0 Å². The average Bonchev–Trinajstić information content (AvgIpc) is 2.76. The van der Waals surface area contributed by atoms with E-state index in [4.69, 9.17) is 4.74 Å². The lowest BCUT2D eigenvalue weighted by atomic mass is 9.93. The van der Waals surface area contributed by atoms with E-state index in [0.717, 1.165) is 31.0 Å². The van der Waals surface area contributed by atoms with Gasteiger partial charge in [0.15, 0.2) is 0 Å². The standard InChI is InChI=1S/C13H23NO/c1-9-7-14(8-10(2)15-9)13-6-11-3-4-12(13)5-11/h9-13H,3-8H2,1-2H3/t9-,10+,11-,12+,13+/m1/s1. The summed E-state index contributed by atoms with van der Waals surface area (Å²) in [5.41, 5.74) is 0. The van der Waals surface area contributed by atoms with Crippen molar-refractivity contribution in [2.45, 2.75) is 57.8 Å². The third kappa shape index (κ3) is 1.83. The Kier molecular flexibility index (Phi) is 2.52. The predicted octanol–water partition coefficient (Wildman–Crippen LogP) is 2.28. The van der Waals surface area contributed by atoms with E-state index in [0.29, 0.717) is 12.2 Å². The second-order valence-corrected chi connectivity index (χ2v) is 5.95. The molecule has 2 aliphatic carbocycles. The molecule has 2 nitrogen and oxygen atoms in total. The number of morpholine rings is 1. The van der Waals surface area contributed by atoms with Crippen molar-refractivity contribution in [2.75, 3.05) is 13.1 Å². The van der Waals surface area contributed by atoms with E-state index in [9.17, 15) is 0 Å². The highest BCUT2D eigenvalue weighted by molar-refractivity contribution is 4.96. The lowest BCUT2D eigenvalue weighted by Crippen LogP contribution is -2.51. The Morgan fingerprint density at radius 2 is 1.73 bits per heavy atom. The first-order valence-electron chi connectivity index (χ1n) is 6.62. The molecule has 15 heavy (non-hydrogen) atoms.